The van der Waals surface area contributed by atoms with Crippen LogP contribution in [-0.4, -0.2) is 19.6 Å². The molecule has 0 unspecified atom stereocenters. The van der Waals surface area contributed by atoms with E-state index in [0.29, 0.717) is 6.01 Å². The highest BCUT2D eigenvalue weighted by molar-refractivity contribution is 6.52. The van der Waals surface area contributed by atoms with Gasteiger partial charge in [-0.25, -0.2) is 4.98 Å². The first kappa shape index (κ1) is 8.41. The summed E-state index contributed by atoms with van der Waals surface area (Å²) >= 11 is 0. The summed E-state index contributed by atoms with van der Waals surface area (Å²) in [4.78, 5) is 8.10. The first-order valence-corrected chi connectivity index (χ1v) is 4.72. The molecule has 0 amide bonds. The standard InChI is InChI=1S/C10H9BN3O/c1-13-8-4-2-3-5-9(8)14(11-13)10-12-6-7-15-10/h2-7H,1H3. The summed E-state index contributed by atoms with van der Waals surface area (Å²) in [7, 11) is 3.96. The molecule has 0 aliphatic carbocycles. The van der Waals surface area contributed by atoms with E-state index < -0.39 is 0 Å². The highest BCUT2D eigenvalue weighted by Gasteiger charge is 2.28. The Labute approximate surface area is 88.4 Å². The number of aromatic nitrogens is 1. The zero-order valence-corrected chi connectivity index (χ0v) is 8.29. The second kappa shape index (κ2) is 3.05. The number of para-hydroxylation sites is 2. The topological polar surface area (TPSA) is 32.5 Å². The van der Waals surface area contributed by atoms with Crippen molar-refractivity contribution in [3.05, 3.63) is 36.7 Å². The fourth-order valence-electron chi connectivity index (χ4n) is 1.75. The Morgan fingerprint density at radius 3 is 2.80 bits per heavy atom. The van der Waals surface area contributed by atoms with E-state index in [2.05, 4.69) is 11.1 Å². The van der Waals surface area contributed by atoms with Gasteiger partial charge in [-0.05, 0) is 19.2 Å². The van der Waals surface area contributed by atoms with E-state index in [1.165, 1.54) is 0 Å². The van der Waals surface area contributed by atoms with Gasteiger partial charge in [0.05, 0.1) is 11.9 Å². The van der Waals surface area contributed by atoms with Gasteiger partial charge in [0.2, 0.25) is 0 Å². The van der Waals surface area contributed by atoms with Gasteiger partial charge in [0.15, 0.2) is 0 Å². The molecule has 0 fully saturated rings. The molecular formula is C10H9BN3O. The van der Waals surface area contributed by atoms with E-state index in [9.17, 15) is 0 Å². The van der Waals surface area contributed by atoms with Crippen LogP contribution in [0.4, 0.5) is 17.4 Å². The third-order valence-electron chi connectivity index (χ3n) is 2.44. The van der Waals surface area contributed by atoms with Crippen molar-refractivity contribution < 1.29 is 4.42 Å². The molecule has 3 rings (SSSR count). The first-order chi connectivity index (χ1) is 7.36. The van der Waals surface area contributed by atoms with Crippen LogP contribution < -0.4 is 9.62 Å². The third kappa shape index (κ3) is 1.20. The lowest BCUT2D eigenvalue weighted by Crippen LogP contribution is -2.28. The molecule has 0 saturated heterocycles. The Morgan fingerprint density at radius 2 is 2.07 bits per heavy atom. The van der Waals surface area contributed by atoms with Gasteiger partial charge < -0.3 is 14.0 Å². The molecule has 0 atom stereocenters. The smallest absolute Gasteiger partial charge is 0.400 e. The number of nitrogens with zero attached hydrogens (tertiary/aromatic N) is 3. The molecule has 2 heterocycles. The number of hydrogen-bond donors (Lipinski definition) is 0. The van der Waals surface area contributed by atoms with Crippen molar-refractivity contribution in [2.24, 2.45) is 0 Å². The van der Waals surface area contributed by atoms with Crippen LogP contribution >= 0.6 is 0 Å². The van der Waals surface area contributed by atoms with Crippen molar-refractivity contribution in [3.63, 3.8) is 0 Å². The molecule has 5 heteroatoms. The monoisotopic (exact) mass is 198 g/mol. The van der Waals surface area contributed by atoms with Crippen molar-refractivity contribution in [2.45, 2.75) is 0 Å². The molecule has 0 bridgehead atoms. The van der Waals surface area contributed by atoms with Crippen molar-refractivity contribution >= 4 is 24.9 Å². The van der Waals surface area contributed by atoms with Gasteiger partial charge in [-0.2, -0.15) is 0 Å². The summed E-state index contributed by atoms with van der Waals surface area (Å²) in [6.45, 7) is 0. The van der Waals surface area contributed by atoms with Crippen molar-refractivity contribution in [1.29, 1.82) is 0 Å². The van der Waals surface area contributed by atoms with Gasteiger partial charge in [0, 0.05) is 5.69 Å². The fraction of sp³-hybridized carbons (Fsp3) is 0.100. The Balaban J connectivity index is 2.09. The van der Waals surface area contributed by atoms with Crippen LogP contribution in [0.2, 0.25) is 0 Å². The van der Waals surface area contributed by atoms with E-state index in [1.807, 2.05) is 42.4 Å². The zero-order valence-electron chi connectivity index (χ0n) is 8.29. The molecule has 0 spiro atoms. The maximum Gasteiger partial charge on any atom is 0.400 e. The summed E-state index contributed by atoms with van der Waals surface area (Å²) in [5.41, 5.74) is 2.23. The maximum absolute atomic E-state index is 5.28. The van der Waals surface area contributed by atoms with Gasteiger partial charge >= 0.3 is 7.55 Å². The normalized spacial score (nSPS) is 13.9. The highest BCUT2D eigenvalue weighted by atomic mass is 16.4. The van der Waals surface area contributed by atoms with Crippen molar-refractivity contribution in [2.75, 3.05) is 16.7 Å². The van der Waals surface area contributed by atoms with Crippen LogP contribution in [0.1, 0.15) is 0 Å². The fourth-order valence-corrected chi connectivity index (χ4v) is 1.75. The summed E-state index contributed by atoms with van der Waals surface area (Å²) in [5, 5.41) is 0. The number of anilines is 3. The predicted molar refractivity (Wildman–Crippen MR) is 59.2 cm³/mol. The van der Waals surface area contributed by atoms with Gasteiger partial charge in [0.25, 0.3) is 6.01 Å². The highest BCUT2D eigenvalue weighted by Crippen LogP contribution is 2.37. The Kier molecular flexibility index (Phi) is 1.71. The molecule has 15 heavy (non-hydrogen) atoms. The van der Waals surface area contributed by atoms with E-state index in [-0.39, 0.29) is 0 Å². The number of rotatable bonds is 1. The van der Waals surface area contributed by atoms with E-state index in [4.69, 9.17) is 4.42 Å². The van der Waals surface area contributed by atoms with Gasteiger partial charge in [-0.15, -0.1) is 0 Å². The lowest BCUT2D eigenvalue weighted by atomic mass is 10.1. The largest absolute Gasteiger partial charge is 0.433 e. The first-order valence-electron chi connectivity index (χ1n) is 4.72. The van der Waals surface area contributed by atoms with Crippen LogP contribution in [0.15, 0.2) is 41.1 Å². The van der Waals surface area contributed by atoms with Gasteiger partial charge in [-0.1, -0.05) is 12.1 Å². The number of hydrogen-bond acceptors (Lipinski definition) is 4. The van der Waals surface area contributed by atoms with Crippen LogP contribution in [0.5, 0.6) is 0 Å². The SMILES string of the molecule is CN1[B]N(c2ncco2)c2ccccc21. The lowest BCUT2D eigenvalue weighted by molar-refractivity contribution is 0.569. The molecular weight excluding hydrogens is 189 g/mol. The molecule has 1 aliphatic rings. The van der Waals surface area contributed by atoms with Gasteiger partial charge in [0.1, 0.15) is 6.26 Å². The summed E-state index contributed by atoms with van der Waals surface area (Å²) in [6.07, 6.45) is 3.22. The van der Waals surface area contributed by atoms with Crippen molar-refractivity contribution in [3.8, 4) is 0 Å². The molecule has 4 nitrogen and oxygen atoms in total. The molecule has 2 aromatic rings. The van der Waals surface area contributed by atoms with E-state index >= 15 is 0 Å². The second-order valence-corrected chi connectivity index (χ2v) is 3.40. The molecule has 1 radical (unpaired) electrons. The summed E-state index contributed by atoms with van der Waals surface area (Å²) < 4.78 is 5.28. The molecule has 1 aromatic heterocycles. The molecule has 0 saturated carbocycles. The second-order valence-electron chi connectivity index (χ2n) is 3.40. The zero-order chi connectivity index (χ0) is 10.3. The summed E-state index contributed by atoms with van der Waals surface area (Å²) in [6, 6.07) is 8.71. The lowest BCUT2D eigenvalue weighted by Gasteiger charge is -2.11. The maximum atomic E-state index is 5.28. The molecule has 1 aromatic carbocycles. The average molecular weight is 198 g/mol. The van der Waals surface area contributed by atoms with Crippen molar-refractivity contribution in [1.82, 2.24) is 4.98 Å². The molecule has 73 valence electrons. The minimum Gasteiger partial charge on any atom is -0.433 e. The average Bonchev–Trinajstić information content (AvgIpc) is 2.87. The Morgan fingerprint density at radius 1 is 1.27 bits per heavy atom. The minimum absolute atomic E-state index is 0.590. The number of benzene rings is 1. The van der Waals surface area contributed by atoms with Crippen LogP contribution in [0, 0.1) is 0 Å². The quantitative estimate of drug-likeness (QED) is 0.654. The molecule has 1 aliphatic heterocycles. The number of fused-ring (bicyclic) bond motifs is 1. The Bertz CT molecular complexity index is 471. The van der Waals surface area contributed by atoms with Gasteiger partial charge in [-0.3, -0.25) is 0 Å². The Hall–Kier alpha value is -1.91. The summed E-state index contributed by atoms with van der Waals surface area (Å²) in [5.74, 6) is 0. The number of oxazole rings is 1. The van der Waals surface area contributed by atoms with Crippen LogP contribution in [0.25, 0.3) is 0 Å². The predicted octanol–water partition coefficient (Wildman–Crippen LogP) is 1.80. The van der Waals surface area contributed by atoms with E-state index in [0.717, 1.165) is 11.4 Å². The third-order valence-corrected chi connectivity index (χ3v) is 2.44. The van der Waals surface area contributed by atoms with Crippen LogP contribution in [-0.2, 0) is 0 Å². The van der Waals surface area contributed by atoms with Crippen LogP contribution in [0.3, 0.4) is 0 Å². The van der Waals surface area contributed by atoms with E-state index in [1.54, 1.807) is 12.5 Å². The molecule has 0 N–H and O–H groups in total. The minimum atomic E-state index is 0.590.